The predicted molar refractivity (Wildman–Crippen MR) is 68.5 cm³/mol. The van der Waals surface area contributed by atoms with Crippen molar-refractivity contribution < 1.29 is 17.9 Å². The van der Waals surface area contributed by atoms with Crippen LogP contribution in [0.5, 0.6) is 0 Å². The molecule has 0 aliphatic heterocycles. The largest absolute Gasteiger partial charge is 0.374 e. The quantitative estimate of drug-likeness (QED) is 0.590. The van der Waals surface area contributed by atoms with Gasteiger partial charge in [-0.2, -0.15) is 0 Å². The Labute approximate surface area is 118 Å². The molecule has 5 heteroatoms. The van der Waals surface area contributed by atoms with E-state index in [1.807, 2.05) is 0 Å². The van der Waals surface area contributed by atoms with Crippen LogP contribution in [-0.4, -0.2) is 10.9 Å². The monoisotopic (exact) mass is 334 g/mol. The van der Waals surface area contributed by atoms with E-state index >= 15 is 0 Å². The van der Waals surface area contributed by atoms with Gasteiger partial charge in [0.2, 0.25) is 0 Å². The zero-order valence-corrected chi connectivity index (χ0v) is 11.9. The number of hydrogen-bond donors (Lipinski definition) is 0. The summed E-state index contributed by atoms with van der Waals surface area (Å²) >= 11 is 3.62. The molecule has 1 aromatic carbocycles. The second kappa shape index (κ2) is 4.77. The third-order valence-corrected chi connectivity index (χ3v) is 5.51. The van der Waals surface area contributed by atoms with Gasteiger partial charge in [0.05, 0.1) is 12.7 Å². The fourth-order valence-corrected chi connectivity index (χ4v) is 3.98. The van der Waals surface area contributed by atoms with Crippen LogP contribution in [0.15, 0.2) is 12.1 Å². The van der Waals surface area contributed by atoms with Crippen molar-refractivity contribution in [3.63, 3.8) is 0 Å². The molecule has 2 fully saturated rings. The normalized spacial score (nSPS) is 33.1. The maximum atomic E-state index is 13.0. The van der Waals surface area contributed by atoms with Gasteiger partial charge in [0.15, 0.2) is 17.5 Å². The third kappa shape index (κ3) is 2.55. The van der Waals surface area contributed by atoms with E-state index in [0.29, 0.717) is 15.8 Å². The molecule has 0 heterocycles. The van der Waals surface area contributed by atoms with Crippen molar-refractivity contribution in [3.8, 4) is 0 Å². The minimum Gasteiger partial charge on any atom is -0.374 e. The highest BCUT2D eigenvalue weighted by Crippen LogP contribution is 2.62. The standard InChI is InChI=1S/C14H14BrF3O/c15-12-6-14(12)2-1-9(5-14)19-7-8-3-10(16)13(18)11(17)4-8/h3-4,9,12H,1-2,5-7H2. The van der Waals surface area contributed by atoms with E-state index in [2.05, 4.69) is 15.9 Å². The van der Waals surface area contributed by atoms with Crippen molar-refractivity contribution in [1.29, 1.82) is 0 Å². The fraction of sp³-hybridized carbons (Fsp3) is 0.571. The molecule has 2 saturated carbocycles. The molecule has 1 aromatic rings. The summed E-state index contributed by atoms with van der Waals surface area (Å²) in [5.74, 6) is -3.75. The summed E-state index contributed by atoms with van der Waals surface area (Å²) in [5.41, 5.74) is 0.729. The van der Waals surface area contributed by atoms with Crippen LogP contribution in [0.1, 0.15) is 31.2 Å². The molecular weight excluding hydrogens is 321 g/mol. The van der Waals surface area contributed by atoms with Gasteiger partial charge in [-0.25, -0.2) is 13.2 Å². The van der Waals surface area contributed by atoms with Crippen LogP contribution in [-0.2, 0) is 11.3 Å². The summed E-state index contributed by atoms with van der Waals surface area (Å²) in [6.07, 6.45) is 4.44. The molecule has 1 spiro atoms. The van der Waals surface area contributed by atoms with Crippen LogP contribution in [0.3, 0.4) is 0 Å². The topological polar surface area (TPSA) is 9.23 Å². The molecule has 1 nitrogen and oxygen atoms in total. The summed E-state index contributed by atoms with van der Waals surface area (Å²) in [6.45, 7) is 0.127. The van der Waals surface area contributed by atoms with Gasteiger partial charge >= 0.3 is 0 Å². The Bertz CT molecular complexity index is 484. The first kappa shape index (κ1) is 13.4. The molecule has 2 aliphatic rings. The average Bonchev–Trinajstić information content (AvgIpc) is 2.81. The van der Waals surface area contributed by atoms with Crippen LogP contribution in [0, 0.1) is 22.9 Å². The van der Waals surface area contributed by atoms with Crippen LogP contribution >= 0.6 is 15.9 Å². The first-order valence-electron chi connectivity index (χ1n) is 6.39. The molecule has 0 N–H and O–H groups in total. The van der Waals surface area contributed by atoms with Crippen LogP contribution < -0.4 is 0 Å². The maximum Gasteiger partial charge on any atom is 0.194 e. The zero-order chi connectivity index (χ0) is 13.6. The van der Waals surface area contributed by atoms with Crippen LogP contribution in [0.4, 0.5) is 13.2 Å². The van der Waals surface area contributed by atoms with Crippen LogP contribution in [0.2, 0.25) is 0 Å². The van der Waals surface area contributed by atoms with E-state index in [4.69, 9.17) is 4.74 Å². The summed E-state index contributed by atoms with van der Waals surface area (Å²) in [5, 5.41) is 0. The second-order valence-corrected chi connectivity index (χ2v) is 6.69. The van der Waals surface area contributed by atoms with Gasteiger partial charge in [-0.3, -0.25) is 0 Å². The Morgan fingerprint density at radius 1 is 1.21 bits per heavy atom. The molecule has 0 saturated heterocycles. The SMILES string of the molecule is Fc1cc(COC2CCC3(C2)CC3Br)cc(F)c1F. The van der Waals surface area contributed by atoms with E-state index in [9.17, 15) is 13.2 Å². The summed E-state index contributed by atoms with van der Waals surface area (Å²) in [7, 11) is 0. The highest BCUT2D eigenvalue weighted by molar-refractivity contribution is 9.09. The number of benzene rings is 1. The van der Waals surface area contributed by atoms with Crippen molar-refractivity contribution in [2.24, 2.45) is 5.41 Å². The summed E-state index contributed by atoms with van der Waals surface area (Å²) < 4.78 is 44.6. The van der Waals surface area contributed by atoms with Crippen molar-refractivity contribution >= 4 is 15.9 Å². The minimum absolute atomic E-state index is 0.127. The number of halogens is 4. The number of rotatable bonds is 3. The molecule has 19 heavy (non-hydrogen) atoms. The number of alkyl halides is 1. The molecule has 3 unspecified atom stereocenters. The predicted octanol–water partition coefficient (Wildman–Crippen LogP) is 4.33. The first-order chi connectivity index (χ1) is 9.00. The van der Waals surface area contributed by atoms with Gasteiger partial charge in [0, 0.05) is 4.83 Å². The van der Waals surface area contributed by atoms with E-state index in [-0.39, 0.29) is 12.7 Å². The molecule has 0 aromatic heterocycles. The fourth-order valence-electron chi connectivity index (χ4n) is 2.92. The third-order valence-electron chi connectivity index (χ3n) is 4.22. The van der Waals surface area contributed by atoms with Crippen molar-refractivity contribution in [2.45, 2.75) is 43.2 Å². The maximum absolute atomic E-state index is 13.0. The highest BCUT2D eigenvalue weighted by Gasteiger charge is 2.56. The van der Waals surface area contributed by atoms with Crippen molar-refractivity contribution in [1.82, 2.24) is 0 Å². The van der Waals surface area contributed by atoms with E-state index < -0.39 is 17.5 Å². The molecule has 0 radical (unpaired) electrons. The molecule has 0 amide bonds. The van der Waals surface area contributed by atoms with Gasteiger partial charge in [-0.1, -0.05) is 15.9 Å². The lowest BCUT2D eigenvalue weighted by atomic mass is 10.1. The molecule has 3 atom stereocenters. The lowest BCUT2D eigenvalue weighted by Gasteiger charge is -2.12. The number of ether oxygens (including phenoxy) is 1. The van der Waals surface area contributed by atoms with Gasteiger partial charge < -0.3 is 4.74 Å². The molecule has 2 aliphatic carbocycles. The molecule has 104 valence electrons. The highest BCUT2D eigenvalue weighted by atomic mass is 79.9. The Hall–Kier alpha value is -0.550. The van der Waals surface area contributed by atoms with Gasteiger partial charge in [-0.05, 0) is 48.8 Å². The number of hydrogen-bond acceptors (Lipinski definition) is 1. The van der Waals surface area contributed by atoms with E-state index in [1.54, 1.807) is 0 Å². The summed E-state index contributed by atoms with van der Waals surface area (Å²) in [6, 6.07) is 1.99. The minimum atomic E-state index is -1.43. The molecule has 0 bridgehead atoms. The Morgan fingerprint density at radius 3 is 2.37 bits per heavy atom. The Kier molecular flexibility index (Phi) is 3.38. The van der Waals surface area contributed by atoms with Crippen molar-refractivity contribution in [3.05, 3.63) is 35.1 Å². The average molecular weight is 335 g/mol. The molecular formula is C14H14BrF3O. The zero-order valence-electron chi connectivity index (χ0n) is 10.3. The van der Waals surface area contributed by atoms with Gasteiger partial charge in [0.1, 0.15) is 0 Å². The molecule has 3 rings (SSSR count). The van der Waals surface area contributed by atoms with Crippen molar-refractivity contribution in [2.75, 3.05) is 0 Å². The Morgan fingerprint density at radius 2 is 1.84 bits per heavy atom. The van der Waals surface area contributed by atoms with Gasteiger partial charge in [0.25, 0.3) is 0 Å². The van der Waals surface area contributed by atoms with Gasteiger partial charge in [-0.15, -0.1) is 0 Å². The van der Waals surface area contributed by atoms with E-state index in [1.165, 1.54) is 6.42 Å². The van der Waals surface area contributed by atoms with Crippen LogP contribution in [0.25, 0.3) is 0 Å². The second-order valence-electron chi connectivity index (χ2n) is 5.58. The first-order valence-corrected chi connectivity index (χ1v) is 7.31. The lowest BCUT2D eigenvalue weighted by Crippen LogP contribution is -2.10. The lowest BCUT2D eigenvalue weighted by molar-refractivity contribution is 0.0418. The Balaban J connectivity index is 1.58. The smallest absolute Gasteiger partial charge is 0.194 e. The summed E-state index contributed by atoms with van der Waals surface area (Å²) in [4.78, 5) is 0.592. The van der Waals surface area contributed by atoms with E-state index in [0.717, 1.165) is 31.4 Å².